The van der Waals surface area contributed by atoms with Crippen LogP contribution in [0.5, 0.6) is 0 Å². The van der Waals surface area contributed by atoms with E-state index < -0.39 is 6.10 Å². The molecular formula is C11H15NO2. The van der Waals surface area contributed by atoms with Gasteiger partial charge in [-0.05, 0) is 24.6 Å². The van der Waals surface area contributed by atoms with Crippen LogP contribution < -0.4 is 5.73 Å². The van der Waals surface area contributed by atoms with Gasteiger partial charge in [-0.15, -0.1) is 0 Å². The van der Waals surface area contributed by atoms with Gasteiger partial charge in [-0.1, -0.05) is 18.7 Å². The lowest BCUT2D eigenvalue weighted by Gasteiger charge is -2.16. The predicted molar refractivity (Wildman–Crippen MR) is 57.0 cm³/mol. The van der Waals surface area contributed by atoms with Crippen molar-refractivity contribution in [3.63, 3.8) is 0 Å². The summed E-state index contributed by atoms with van der Waals surface area (Å²) in [5.74, 6) is -0.00236. The van der Waals surface area contributed by atoms with Crippen molar-refractivity contribution in [3.8, 4) is 0 Å². The molecule has 76 valence electrons. The fraction of sp³-hybridized carbons (Fsp3) is 0.273. The SMILES string of the molecule is C=C(O)C(OCC)c1cccc(N)c1. The lowest BCUT2D eigenvalue weighted by molar-refractivity contribution is 0.0582. The molecule has 0 saturated carbocycles. The Labute approximate surface area is 83.8 Å². The molecule has 0 spiro atoms. The Hall–Kier alpha value is -1.48. The van der Waals surface area contributed by atoms with Crippen LogP contribution in [0.1, 0.15) is 18.6 Å². The Morgan fingerprint density at radius 2 is 2.36 bits per heavy atom. The van der Waals surface area contributed by atoms with E-state index in [1.165, 1.54) is 0 Å². The van der Waals surface area contributed by atoms with E-state index in [9.17, 15) is 5.11 Å². The van der Waals surface area contributed by atoms with Crippen LogP contribution in [0.4, 0.5) is 5.69 Å². The number of nitrogens with two attached hydrogens (primary N) is 1. The van der Waals surface area contributed by atoms with Gasteiger partial charge >= 0.3 is 0 Å². The lowest BCUT2D eigenvalue weighted by atomic mass is 10.1. The van der Waals surface area contributed by atoms with E-state index in [0.717, 1.165) is 5.56 Å². The molecule has 1 atom stereocenters. The van der Waals surface area contributed by atoms with Gasteiger partial charge < -0.3 is 15.6 Å². The number of nitrogen functional groups attached to an aromatic ring is 1. The van der Waals surface area contributed by atoms with Gasteiger partial charge in [-0.2, -0.15) is 0 Å². The van der Waals surface area contributed by atoms with Gasteiger partial charge in [0.2, 0.25) is 0 Å². The summed E-state index contributed by atoms with van der Waals surface area (Å²) in [5.41, 5.74) is 7.09. The zero-order valence-corrected chi connectivity index (χ0v) is 8.23. The number of ether oxygens (including phenoxy) is 1. The van der Waals surface area contributed by atoms with Gasteiger partial charge in [0, 0.05) is 12.3 Å². The smallest absolute Gasteiger partial charge is 0.139 e. The number of aliphatic hydroxyl groups excluding tert-OH is 1. The summed E-state index contributed by atoms with van der Waals surface area (Å²) >= 11 is 0. The van der Waals surface area contributed by atoms with Crippen LogP contribution in [0.3, 0.4) is 0 Å². The van der Waals surface area contributed by atoms with Crippen molar-refractivity contribution in [2.45, 2.75) is 13.0 Å². The molecule has 1 aromatic rings. The molecule has 0 aliphatic carbocycles. The van der Waals surface area contributed by atoms with Crippen LogP contribution in [0, 0.1) is 0 Å². The third-order valence-corrected chi connectivity index (χ3v) is 1.85. The summed E-state index contributed by atoms with van der Waals surface area (Å²) in [6.45, 7) is 5.85. The highest BCUT2D eigenvalue weighted by Gasteiger charge is 2.14. The second-order valence-corrected chi connectivity index (χ2v) is 3.00. The summed E-state index contributed by atoms with van der Waals surface area (Å²) in [6.07, 6.45) is -0.483. The Morgan fingerprint density at radius 1 is 1.64 bits per heavy atom. The lowest BCUT2D eigenvalue weighted by Crippen LogP contribution is -2.06. The number of anilines is 1. The van der Waals surface area contributed by atoms with Gasteiger partial charge in [0.1, 0.15) is 11.9 Å². The minimum atomic E-state index is -0.483. The van der Waals surface area contributed by atoms with E-state index in [4.69, 9.17) is 10.5 Å². The van der Waals surface area contributed by atoms with E-state index in [2.05, 4.69) is 6.58 Å². The zero-order valence-electron chi connectivity index (χ0n) is 8.23. The molecule has 0 amide bonds. The van der Waals surface area contributed by atoms with E-state index in [1.807, 2.05) is 19.1 Å². The second-order valence-electron chi connectivity index (χ2n) is 3.00. The molecule has 3 heteroatoms. The first-order chi connectivity index (χ1) is 6.65. The van der Waals surface area contributed by atoms with Crippen molar-refractivity contribution < 1.29 is 9.84 Å². The average molecular weight is 193 g/mol. The first-order valence-corrected chi connectivity index (χ1v) is 4.50. The molecule has 0 bridgehead atoms. The molecule has 0 heterocycles. The number of benzene rings is 1. The van der Waals surface area contributed by atoms with Crippen LogP contribution in [0.15, 0.2) is 36.6 Å². The van der Waals surface area contributed by atoms with E-state index in [-0.39, 0.29) is 5.76 Å². The Balaban J connectivity index is 2.93. The molecule has 0 aliphatic heterocycles. The highest BCUT2D eigenvalue weighted by atomic mass is 16.5. The Kier molecular flexibility index (Phi) is 3.54. The van der Waals surface area contributed by atoms with E-state index >= 15 is 0 Å². The predicted octanol–water partition coefficient (Wildman–Crippen LogP) is 2.42. The summed E-state index contributed by atoms with van der Waals surface area (Å²) in [6, 6.07) is 7.21. The maximum atomic E-state index is 9.33. The molecule has 1 rings (SSSR count). The van der Waals surface area contributed by atoms with Gasteiger partial charge in [-0.25, -0.2) is 0 Å². The fourth-order valence-electron chi connectivity index (χ4n) is 1.27. The minimum Gasteiger partial charge on any atom is -0.510 e. The largest absolute Gasteiger partial charge is 0.510 e. The minimum absolute atomic E-state index is 0.00236. The standard InChI is InChI=1S/C11H15NO2/c1-3-14-11(8(2)13)9-5-4-6-10(12)7-9/h4-7,11,13H,2-3,12H2,1H3. The monoisotopic (exact) mass is 193 g/mol. The third kappa shape index (κ3) is 2.50. The van der Waals surface area contributed by atoms with Crippen molar-refractivity contribution in [1.82, 2.24) is 0 Å². The van der Waals surface area contributed by atoms with Gasteiger partial charge in [-0.3, -0.25) is 0 Å². The second kappa shape index (κ2) is 4.67. The molecular weight excluding hydrogens is 178 g/mol. The van der Waals surface area contributed by atoms with Gasteiger partial charge in [0.05, 0.1) is 0 Å². The van der Waals surface area contributed by atoms with Gasteiger partial charge in [0.25, 0.3) is 0 Å². The molecule has 0 saturated heterocycles. The zero-order chi connectivity index (χ0) is 10.6. The number of aliphatic hydroxyl groups is 1. The molecule has 14 heavy (non-hydrogen) atoms. The molecule has 1 aromatic carbocycles. The molecule has 0 fully saturated rings. The molecule has 1 unspecified atom stereocenters. The molecule has 0 aromatic heterocycles. The van der Waals surface area contributed by atoms with Crippen LogP contribution >= 0.6 is 0 Å². The normalized spacial score (nSPS) is 12.4. The maximum Gasteiger partial charge on any atom is 0.139 e. The molecule has 3 N–H and O–H groups in total. The number of hydrogen-bond acceptors (Lipinski definition) is 3. The molecule has 0 radical (unpaired) electrons. The van der Waals surface area contributed by atoms with Crippen LogP contribution in [0.2, 0.25) is 0 Å². The van der Waals surface area contributed by atoms with Gasteiger partial charge in [0.15, 0.2) is 0 Å². The number of rotatable bonds is 4. The first-order valence-electron chi connectivity index (χ1n) is 4.50. The van der Waals surface area contributed by atoms with Crippen LogP contribution in [-0.2, 0) is 4.74 Å². The molecule has 0 aliphatic rings. The first kappa shape index (κ1) is 10.6. The summed E-state index contributed by atoms with van der Waals surface area (Å²) in [4.78, 5) is 0. The van der Waals surface area contributed by atoms with E-state index in [1.54, 1.807) is 12.1 Å². The van der Waals surface area contributed by atoms with Crippen molar-refractivity contribution >= 4 is 5.69 Å². The van der Waals surface area contributed by atoms with Crippen molar-refractivity contribution in [2.24, 2.45) is 0 Å². The van der Waals surface area contributed by atoms with Crippen molar-refractivity contribution in [3.05, 3.63) is 42.2 Å². The fourth-order valence-corrected chi connectivity index (χ4v) is 1.27. The average Bonchev–Trinajstić information content (AvgIpc) is 2.13. The third-order valence-electron chi connectivity index (χ3n) is 1.85. The van der Waals surface area contributed by atoms with Crippen LogP contribution in [-0.4, -0.2) is 11.7 Å². The quantitative estimate of drug-likeness (QED) is 0.570. The topological polar surface area (TPSA) is 55.5 Å². The summed E-state index contributed by atoms with van der Waals surface area (Å²) in [7, 11) is 0. The number of hydrogen-bond donors (Lipinski definition) is 2. The summed E-state index contributed by atoms with van der Waals surface area (Å²) < 4.78 is 5.34. The van der Waals surface area contributed by atoms with Crippen molar-refractivity contribution in [2.75, 3.05) is 12.3 Å². The van der Waals surface area contributed by atoms with E-state index in [0.29, 0.717) is 12.3 Å². The summed E-state index contributed by atoms with van der Waals surface area (Å²) in [5, 5.41) is 9.33. The van der Waals surface area contributed by atoms with Crippen molar-refractivity contribution in [1.29, 1.82) is 0 Å². The Morgan fingerprint density at radius 3 is 2.86 bits per heavy atom. The highest BCUT2D eigenvalue weighted by molar-refractivity contribution is 5.42. The highest BCUT2D eigenvalue weighted by Crippen LogP contribution is 2.24. The molecule has 3 nitrogen and oxygen atoms in total. The Bertz CT molecular complexity index is 323. The maximum absolute atomic E-state index is 9.33. The van der Waals surface area contributed by atoms with Crippen LogP contribution in [0.25, 0.3) is 0 Å².